The van der Waals surface area contributed by atoms with Crippen molar-refractivity contribution in [3.63, 3.8) is 0 Å². The van der Waals surface area contributed by atoms with Crippen LogP contribution in [0.3, 0.4) is 0 Å². The van der Waals surface area contributed by atoms with Gasteiger partial charge < -0.3 is 9.73 Å². The lowest BCUT2D eigenvalue weighted by atomic mass is 10.1. The molecule has 24 heavy (non-hydrogen) atoms. The van der Waals surface area contributed by atoms with Gasteiger partial charge in [-0.2, -0.15) is 5.26 Å². The Morgan fingerprint density at radius 1 is 1.25 bits per heavy atom. The van der Waals surface area contributed by atoms with E-state index in [-0.39, 0.29) is 6.04 Å². The second-order valence-electron chi connectivity index (χ2n) is 5.72. The largest absolute Gasteiger partial charge is 0.439 e. The van der Waals surface area contributed by atoms with Crippen LogP contribution in [0.25, 0.3) is 11.1 Å². The first-order chi connectivity index (χ1) is 11.7. The molecule has 6 heteroatoms. The second-order valence-corrected chi connectivity index (χ2v) is 5.72. The van der Waals surface area contributed by atoms with Crippen molar-refractivity contribution in [3.05, 3.63) is 48.1 Å². The summed E-state index contributed by atoms with van der Waals surface area (Å²) < 4.78 is 5.72. The Bertz CT molecular complexity index is 834. The number of nitrogens with zero attached hydrogens (tertiary/aromatic N) is 4. The molecule has 0 amide bonds. The van der Waals surface area contributed by atoms with E-state index in [1.165, 1.54) is 0 Å². The van der Waals surface area contributed by atoms with Crippen molar-refractivity contribution in [3.8, 4) is 6.07 Å². The molecule has 0 saturated carbocycles. The second kappa shape index (κ2) is 7.09. The molecule has 0 radical (unpaired) electrons. The number of fused-ring (bicyclic) bond motifs is 1. The lowest BCUT2D eigenvalue weighted by Crippen LogP contribution is -2.17. The maximum Gasteiger partial charge on any atom is 0.223 e. The molecule has 1 N–H and O–H groups in total. The maximum atomic E-state index is 9.58. The average Bonchev–Trinajstić information content (AvgIpc) is 2.99. The van der Waals surface area contributed by atoms with Crippen molar-refractivity contribution in [2.45, 2.75) is 38.6 Å². The van der Waals surface area contributed by atoms with Crippen LogP contribution in [0.15, 0.2) is 40.9 Å². The minimum absolute atomic E-state index is 0.273. The van der Waals surface area contributed by atoms with Crippen LogP contribution in [0, 0.1) is 11.3 Å². The highest BCUT2D eigenvalue weighted by Crippen LogP contribution is 2.26. The predicted molar refractivity (Wildman–Crippen MR) is 91.5 cm³/mol. The van der Waals surface area contributed by atoms with Crippen LogP contribution in [0.2, 0.25) is 0 Å². The summed E-state index contributed by atoms with van der Waals surface area (Å²) in [5.41, 5.74) is 1.97. The highest BCUT2D eigenvalue weighted by Gasteiger charge is 2.22. The van der Waals surface area contributed by atoms with Gasteiger partial charge in [-0.15, -0.1) is 0 Å². The van der Waals surface area contributed by atoms with Crippen LogP contribution in [0.1, 0.15) is 44.2 Å². The number of para-hydroxylation sites is 2. The number of benzene rings is 1. The summed E-state index contributed by atoms with van der Waals surface area (Å²) in [6.07, 6.45) is 3.76. The topological polar surface area (TPSA) is 87.6 Å². The van der Waals surface area contributed by atoms with Crippen LogP contribution < -0.4 is 5.32 Å². The minimum Gasteiger partial charge on any atom is -0.439 e. The predicted octanol–water partition coefficient (Wildman–Crippen LogP) is 3.87. The first kappa shape index (κ1) is 15.9. The lowest BCUT2D eigenvalue weighted by Gasteiger charge is -2.13. The summed E-state index contributed by atoms with van der Waals surface area (Å²) in [6.45, 7) is 4.22. The highest BCUT2D eigenvalue weighted by atomic mass is 16.3. The maximum absolute atomic E-state index is 9.58. The smallest absolute Gasteiger partial charge is 0.223 e. The summed E-state index contributed by atoms with van der Waals surface area (Å²) in [7, 11) is 0. The minimum atomic E-state index is -0.664. The SMILES string of the molecule is CCCC(C)Nc1nccc(C(C#N)c2nc3ccccc3o2)n1. The quantitative estimate of drug-likeness (QED) is 0.741. The van der Waals surface area contributed by atoms with E-state index in [1.54, 1.807) is 12.3 Å². The van der Waals surface area contributed by atoms with E-state index < -0.39 is 5.92 Å². The van der Waals surface area contributed by atoms with Gasteiger partial charge in [-0.3, -0.25) is 0 Å². The fraction of sp³-hybridized carbons (Fsp3) is 0.333. The zero-order chi connectivity index (χ0) is 16.9. The van der Waals surface area contributed by atoms with Gasteiger partial charge in [-0.1, -0.05) is 25.5 Å². The van der Waals surface area contributed by atoms with Gasteiger partial charge in [0.15, 0.2) is 11.5 Å². The third kappa shape index (κ3) is 3.35. The normalized spacial score (nSPS) is 13.4. The molecule has 3 aromatic rings. The Kier molecular flexibility index (Phi) is 4.71. The zero-order valence-corrected chi connectivity index (χ0v) is 13.7. The van der Waals surface area contributed by atoms with Gasteiger partial charge in [0, 0.05) is 12.2 Å². The van der Waals surface area contributed by atoms with Crippen molar-refractivity contribution >= 4 is 17.0 Å². The highest BCUT2D eigenvalue weighted by molar-refractivity contribution is 5.72. The molecule has 3 rings (SSSR count). The molecule has 2 unspecified atom stereocenters. The van der Waals surface area contributed by atoms with E-state index in [1.807, 2.05) is 24.3 Å². The third-order valence-electron chi connectivity index (χ3n) is 3.76. The number of hydrogen-bond donors (Lipinski definition) is 1. The number of rotatable bonds is 6. The number of hydrogen-bond acceptors (Lipinski definition) is 6. The molecular weight excluding hydrogens is 302 g/mol. The third-order valence-corrected chi connectivity index (χ3v) is 3.76. The number of nitriles is 1. The van der Waals surface area contributed by atoms with Crippen molar-refractivity contribution in [2.75, 3.05) is 5.32 Å². The van der Waals surface area contributed by atoms with Crippen molar-refractivity contribution in [1.82, 2.24) is 15.0 Å². The Balaban J connectivity index is 1.89. The molecule has 2 atom stereocenters. The van der Waals surface area contributed by atoms with E-state index >= 15 is 0 Å². The molecule has 0 saturated heterocycles. The Morgan fingerprint density at radius 3 is 2.83 bits per heavy atom. The lowest BCUT2D eigenvalue weighted by molar-refractivity contribution is 0.525. The van der Waals surface area contributed by atoms with Crippen molar-refractivity contribution in [2.24, 2.45) is 0 Å². The standard InChI is InChI=1S/C18H19N5O/c1-3-6-12(2)21-18-20-10-9-14(23-18)13(11-19)17-22-15-7-4-5-8-16(15)24-17/h4-5,7-10,12-13H,3,6H2,1-2H3,(H,20,21,23). The van der Waals surface area contributed by atoms with Gasteiger partial charge in [-0.25, -0.2) is 15.0 Å². The van der Waals surface area contributed by atoms with Gasteiger partial charge in [0.2, 0.25) is 11.8 Å². The van der Waals surface area contributed by atoms with E-state index in [0.29, 0.717) is 23.1 Å². The molecular formula is C18H19N5O. The Labute approximate surface area is 140 Å². The number of oxazole rings is 1. The molecule has 0 aliphatic rings. The van der Waals surface area contributed by atoms with E-state index in [2.05, 4.69) is 40.2 Å². The number of anilines is 1. The number of aromatic nitrogens is 3. The molecule has 0 spiro atoms. The van der Waals surface area contributed by atoms with Gasteiger partial charge in [0.05, 0.1) is 11.8 Å². The first-order valence-electron chi connectivity index (χ1n) is 8.05. The van der Waals surface area contributed by atoms with Crippen LogP contribution in [-0.2, 0) is 0 Å². The van der Waals surface area contributed by atoms with E-state index in [4.69, 9.17) is 4.42 Å². The van der Waals surface area contributed by atoms with Crippen LogP contribution >= 0.6 is 0 Å². The van der Waals surface area contributed by atoms with E-state index in [0.717, 1.165) is 18.4 Å². The summed E-state index contributed by atoms with van der Waals surface area (Å²) >= 11 is 0. The average molecular weight is 321 g/mol. The molecule has 2 aromatic heterocycles. The molecule has 2 heterocycles. The van der Waals surface area contributed by atoms with E-state index in [9.17, 15) is 5.26 Å². The van der Waals surface area contributed by atoms with Gasteiger partial charge in [0.1, 0.15) is 5.52 Å². The van der Waals surface area contributed by atoms with Crippen LogP contribution in [-0.4, -0.2) is 21.0 Å². The fourth-order valence-corrected chi connectivity index (χ4v) is 2.59. The molecule has 0 fully saturated rings. The summed E-state index contributed by atoms with van der Waals surface area (Å²) in [6, 6.07) is 11.7. The van der Waals surface area contributed by atoms with Crippen molar-refractivity contribution in [1.29, 1.82) is 5.26 Å². The molecule has 0 aliphatic heterocycles. The van der Waals surface area contributed by atoms with Crippen molar-refractivity contribution < 1.29 is 4.42 Å². The molecule has 122 valence electrons. The number of nitrogens with one attached hydrogen (secondary N) is 1. The summed E-state index contributed by atoms with van der Waals surface area (Å²) in [5.74, 6) is 0.206. The van der Waals surface area contributed by atoms with Gasteiger partial charge in [0.25, 0.3) is 0 Å². The zero-order valence-electron chi connectivity index (χ0n) is 13.7. The summed E-state index contributed by atoms with van der Waals surface area (Å²) in [5, 5.41) is 12.8. The molecule has 1 aromatic carbocycles. The van der Waals surface area contributed by atoms with Crippen LogP contribution in [0.5, 0.6) is 0 Å². The van der Waals surface area contributed by atoms with Gasteiger partial charge in [-0.05, 0) is 31.5 Å². The summed E-state index contributed by atoms with van der Waals surface area (Å²) in [4.78, 5) is 13.1. The molecule has 6 nitrogen and oxygen atoms in total. The molecule has 0 aliphatic carbocycles. The first-order valence-corrected chi connectivity index (χ1v) is 8.05. The Morgan fingerprint density at radius 2 is 2.08 bits per heavy atom. The molecule has 0 bridgehead atoms. The van der Waals surface area contributed by atoms with Crippen LogP contribution in [0.4, 0.5) is 5.95 Å². The van der Waals surface area contributed by atoms with Gasteiger partial charge >= 0.3 is 0 Å². The fourth-order valence-electron chi connectivity index (χ4n) is 2.59. The Hall–Kier alpha value is -2.94. The monoisotopic (exact) mass is 321 g/mol.